The molecule has 0 fully saturated rings. The molecule has 1 rings (SSSR count). The lowest BCUT2D eigenvalue weighted by molar-refractivity contribution is 0.243. The molecule has 0 radical (unpaired) electrons. The fourth-order valence-corrected chi connectivity index (χ4v) is 1.91. The van der Waals surface area contributed by atoms with E-state index in [9.17, 15) is 0 Å². The summed E-state index contributed by atoms with van der Waals surface area (Å²) in [6.07, 6.45) is 0. The molecule has 0 aliphatic rings. The maximum absolute atomic E-state index is 5.12. The average Bonchev–Trinajstić information content (AvgIpc) is 2.37. The monoisotopic (exact) mass is 268 g/mol. The molecule has 19 heavy (non-hydrogen) atoms. The van der Waals surface area contributed by atoms with Crippen LogP contribution in [0.4, 0.5) is 5.82 Å². The molecule has 0 aliphatic carbocycles. The second-order valence-corrected chi connectivity index (χ2v) is 4.94. The molecule has 1 aromatic heterocycles. The van der Waals surface area contributed by atoms with Gasteiger partial charge in [-0.05, 0) is 20.0 Å². The minimum atomic E-state index is 0.299. The first kappa shape index (κ1) is 15.5. The van der Waals surface area contributed by atoms with E-state index in [-0.39, 0.29) is 0 Å². The van der Waals surface area contributed by atoms with Crippen LogP contribution in [0.1, 0.15) is 13.8 Å². The van der Waals surface area contributed by atoms with E-state index in [1.807, 2.05) is 0 Å². The van der Waals surface area contributed by atoms with Crippen molar-refractivity contribution in [1.82, 2.24) is 14.9 Å². The summed E-state index contributed by atoms with van der Waals surface area (Å²) in [5.41, 5.74) is 0. The van der Waals surface area contributed by atoms with Gasteiger partial charge in [-0.1, -0.05) is 13.8 Å². The minimum Gasteiger partial charge on any atom is -0.481 e. The smallest absolute Gasteiger partial charge is 0.321 e. The lowest BCUT2D eigenvalue weighted by atomic mass is 10.0. The Morgan fingerprint density at radius 2 is 1.89 bits per heavy atom. The molecule has 0 aliphatic heterocycles. The molecular weight excluding hydrogens is 244 g/mol. The Labute approximate surface area is 115 Å². The van der Waals surface area contributed by atoms with Crippen molar-refractivity contribution in [3.63, 3.8) is 0 Å². The highest BCUT2D eigenvalue weighted by Crippen LogP contribution is 2.17. The third-order valence-corrected chi connectivity index (χ3v) is 3.00. The largest absolute Gasteiger partial charge is 0.481 e. The Morgan fingerprint density at radius 1 is 1.21 bits per heavy atom. The van der Waals surface area contributed by atoms with Crippen LogP contribution in [-0.2, 0) is 0 Å². The summed E-state index contributed by atoms with van der Waals surface area (Å²) in [7, 11) is 7.26. The van der Waals surface area contributed by atoms with Crippen LogP contribution < -0.4 is 14.8 Å². The summed E-state index contributed by atoms with van der Waals surface area (Å²) in [5.74, 6) is 1.74. The molecule has 1 atom stereocenters. The summed E-state index contributed by atoms with van der Waals surface area (Å²) < 4.78 is 10.2. The highest BCUT2D eigenvalue weighted by atomic mass is 16.5. The molecule has 6 heteroatoms. The van der Waals surface area contributed by atoms with Crippen molar-refractivity contribution in [3.8, 4) is 11.9 Å². The Bertz CT molecular complexity index is 366. The van der Waals surface area contributed by atoms with Gasteiger partial charge in [0.25, 0.3) is 0 Å². The van der Waals surface area contributed by atoms with Crippen LogP contribution in [0.25, 0.3) is 0 Å². The molecule has 0 amide bonds. The fraction of sp³-hybridized carbons (Fsp3) is 0.692. The number of nitrogens with zero attached hydrogens (tertiary/aromatic N) is 3. The second-order valence-electron chi connectivity index (χ2n) is 4.94. The molecule has 0 saturated carbocycles. The van der Waals surface area contributed by atoms with Crippen molar-refractivity contribution in [3.05, 3.63) is 6.07 Å². The van der Waals surface area contributed by atoms with Gasteiger partial charge in [-0.15, -0.1) is 0 Å². The van der Waals surface area contributed by atoms with Crippen LogP contribution in [0.15, 0.2) is 6.07 Å². The van der Waals surface area contributed by atoms with Gasteiger partial charge in [0, 0.05) is 18.7 Å². The molecule has 1 N–H and O–H groups in total. The van der Waals surface area contributed by atoms with Crippen LogP contribution in [-0.4, -0.2) is 55.8 Å². The van der Waals surface area contributed by atoms with Crippen LogP contribution in [0, 0.1) is 5.92 Å². The van der Waals surface area contributed by atoms with Gasteiger partial charge in [-0.2, -0.15) is 9.97 Å². The second kappa shape index (κ2) is 7.13. The SMILES string of the molecule is COc1cc(NCC(C(C)C)N(C)C)nc(OC)n1. The Kier molecular flexibility index (Phi) is 5.82. The predicted molar refractivity (Wildman–Crippen MR) is 75.9 cm³/mol. The molecule has 0 saturated heterocycles. The van der Waals surface area contributed by atoms with Gasteiger partial charge >= 0.3 is 6.01 Å². The van der Waals surface area contributed by atoms with E-state index in [1.165, 1.54) is 7.11 Å². The Hall–Kier alpha value is -1.56. The first-order valence-corrected chi connectivity index (χ1v) is 6.35. The lowest BCUT2D eigenvalue weighted by Gasteiger charge is -2.28. The maximum atomic E-state index is 5.12. The van der Waals surface area contributed by atoms with Gasteiger partial charge in [0.2, 0.25) is 5.88 Å². The summed E-state index contributed by atoms with van der Waals surface area (Å²) in [6.45, 7) is 5.20. The van der Waals surface area contributed by atoms with Gasteiger partial charge in [0.1, 0.15) is 5.82 Å². The van der Waals surface area contributed by atoms with Crippen molar-refractivity contribution < 1.29 is 9.47 Å². The molecule has 1 unspecified atom stereocenters. The highest BCUT2D eigenvalue weighted by molar-refractivity contribution is 5.39. The van der Waals surface area contributed by atoms with Crippen LogP contribution >= 0.6 is 0 Å². The average molecular weight is 268 g/mol. The van der Waals surface area contributed by atoms with E-state index in [4.69, 9.17) is 9.47 Å². The highest BCUT2D eigenvalue weighted by Gasteiger charge is 2.16. The van der Waals surface area contributed by atoms with Gasteiger partial charge in [-0.3, -0.25) is 0 Å². The van der Waals surface area contributed by atoms with E-state index >= 15 is 0 Å². The normalized spacial score (nSPS) is 12.6. The van der Waals surface area contributed by atoms with Gasteiger partial charge < -0.3 is 19.7 Å². The van der Waals surface area contributed by atoms with E-state index in [0.29, 0.717) is 29.7 Å². The van der Waals surface area contributed by atoms with Gasteiger partial charge in [-0.25, -0.2) is 0 Å². The van der Waals surface area contributed by atoms with Gasteiger partial charge in [0.05, 0.1) is 14.2 Å². The third kappa shape index (κ3) is 4.55. The molecule has 108 valence electrons. The fourth-order valence-electron chi connectivity index (χ4n) is 1.91. The zero-order valence-corrected chi connectivity index (χ0v) is 12.6. The zero-order valence-electron chi connectivity index (χ0n) is 12.6. The van der Waals surface area contributed by atoms with Crippen molar-refractivity contribution in [2.45, 2.75) is 19.9 Å². The van der Waals surface area contributed by atoms with Crippen LogP contribution in [0.3, 0.4) is 0 Å². The van der Waals surface area contributed by atoms with Crippen molar-refractivity contribution in [1.29, 1.82) is 0 Å². The van der Waals surface area contributed by atoms with Crippen LogP contribution in [0.5, 0.6) is 11.9 Å². The van der Waals surface area contributed by atoms with Crippen molar-refractivity contribution in [2.75, 3.05) is 40.2 Å². The number of anilines is 1. The summed E-state index contributed by atoms with van der Waals surface area (Å²) in [6, 6.07) is 2.48. The molecular formula is C13H24N4O2. The number of likely N-dealkylation sites (N-methyl/N-ethyl adjacent to an activating group) is 1. The number of methoxy groups -OCH3 is 2. The number of nitrogens with one attached hydrogen (secondary N) is 1. The zero-order chi connectivity index (χ0) is 14.4. The molecule has 0 spiro atoms. The maximum Gasteiger partial charge on any atom is 0.321 e. The summed E-state index contributed by atoms with van der Waals surface area (Å²) >= 11 is 0. The number of rotatable bonds is 7. The Morgan fingerprint density at radius 3 is 2.37 bits per heavy atom. The Balaban J connectivity index is 2.76. The molecule has 0 aromatic carbocycles. The van der Waals surface area contributed by atoms with Crippen molar-refractivity contribution in [2.24, 2.45) is 5.92 Å². The number of hydrogen-bond donors (Lipinski definition) is 1. The quantitative estimate of drug-likeness (QED) is 0.808. The topological polar surface area (TPSA) is 59.5 Å². The molecule has 1 heterocycles. The number of aromatic nitrogens is 2. The third-order valence-electron chi connectivity index (χ3n) is 3.00. The standard InChI is InChI=1S/C13H24N4O2/c1-9(2)10(17(3)4)8-14-11-7-12(18-5)16-13(15-11)19-6/h7,9-10H,8H2,1-6H3,(H,14,15,16). The van der Waals surface area contributed by atoms with E-state index < -0.39 is 0 Å². The summed E-state index contributed by atoms with van der Waals surface area (Å²) in [4.78, 5) is 10.5. The predicted octanol–water partition coefficient (Wildman–Crippen LogP) is 1.49. The number of ether oxygens (including phenoxy) is 2. The molecule has 1 aromatic rings. The van der Waals surface area contributed by atoms with Gasteiger partial charge in [0.15, 0.2) is 0 Å². The number of hydrogen-bond acceptors (Lipinski definition) is 6. The summed E-state index contributed by atoms with van der Waals surface area (Å²) in [5, 5.41) is 3.30. The van der Waals surface area contributed by atoms with E-state index in [1.54, 1.807) is 13.2 Å². The minimum absolute atomic E-state index is 0.299. The first-order chi connectivity index (χ1) is 8.97. The van der Waals surface area contributed by atoms with E-state index in [2.05, 4.69) is 48.1 Å². The molecule has 6 nitrogen and oxygen atoms in total. The lowest BCUT2D eigenvalue weighted by Crippen LogP contribution is -2.38. The van der Waals surface area contributed by atoms with Crippen LogP contribution in [0.2, 0.25) is 0 Å². The van der Waals surface area contributed by atoms with E-state index in [0.717, 1.165) is 6.54 Å². The molecule has 0 bridgehead atoms. The van der Waals surface area contributed by atoms with Crippen molar-refractivity contribution >= 4 is 5.82 Å². The first-order valence-electron chi connectivity index (χ1n) is 6.35.